The molecule has 0 unspecified atom stereocenters. The summed E-state index contributed by atoms with van der Waals surface area (Å²) in [7, 11) is 0. The second kappa shape index (κ2) is 4.82. The van der Waals surface area contributed by atoms with E-state index >= 15 is 0 Å². The number of thiophene rings is 1. The summed E-state index contributed by atoms with van der Waals surface area (Å²) in [4.78, 5) is 12.0. The van der Waals surface area contributed by atoms with Crippen LogP contribution in [0.1, 0.15) is 10.5 Å². The third-order valence-corrected chi connectivity index (χ3v) is 3.69. The van der Waals surface area contributed by atoms with Crippen LogP contribution in [0.4, 0.5) is 0 Å². The zero-order valence-electron chi connectivity index (χ0n) is 10.2. The Balaban J connectivity index is 2.18. The van der Waals surface area contributed by atoms with Gasteiger partial charge in [-0.05, 0) is 35.7 Å². The summed E-state index contributed by atoms with van der Waals surface area (Å²) >= 11 is 1.51. The van der Waals surface area contributed by atoms with E-state index < -0.39 is 5.97 Å². The lowest BCUT2D eigenvalue weighted by atomic mass is 10.2. The average molecular weight is 286 g/mol. The molecule has 3 aromatic rings. The van der Waals surface area contributed by atoms with Gasteiger partial charge in [0.15, 0.2) is 5.69 Å². The molecule has 0 saturated carbocycles. The van der Waals surface area contributed by atoms with Gasteiger partial charge in [-0.3, -0.25) is 0 Å². The Labute approximate surface area is 118 Å². The van der Waals surface area contributed by atoms with Crippen molar-refractivity contribution in [1.29, 1.82) is 0 Å². The van der Waals surface area contributed by atoms with Crippen LogP contribution in [-0.2, 0) is 0 Å². The van der Waals surface area contributed by atoms with Crippen LogP contribution in [-0.4, -0.2) is 26.0 Å². The molecule has 5 nitrogen and oxygen atoms in total. The van der Waals surface area contributed by atoms with Crippen molar-refractivity contribution in [1.82, 2.24) is 9.78 Å². The van der Waals surface area contributed by atoms with Crippen molar-refractivity contribution in [3.63, 3.8) is 0 Å². The lowest BCUT2D eigenvalue weighted by molar-refractivity contribution is 0.0690. The molecule has 0 bridgehead atoms. The lowest BCUT2D eigenvalue weighted by Gasteiger charge is -2.05. The van der Waals surface area contributed by atoms with Gasteiger partial charge in [0.2, 0.25) is 0 Å². The number of aromatic carboxylic acids is 1. The third-order valence-electron chi connectivity index (χ3n) is 2.80. The second-order valence-corrected chi connectivity index (χ2v) is 5.07. The first-order valence-electron chi connectivity index (χ1n) is 5.82. The summed E-state index contributed by atoms with van der Waals surface area (Å²) in [5.41, 5.74) is 1.39. The summed E-state index contributed by atoms with van der Waals surface area (Å²) in [5.74, 6) is -0.919. The van der Waals surface area contributed by atoms with Gasteiger partial charge in [0.25, 0.3) is 0 Å². The number of rotatable bonds is 3. The molecule has 0 atom stereocenters. The lowest BCUT2D eigenvalue weighted by Crippen LogP contribution is -2.01. The van der Waals surface area contributed by atoms with E-state index in [1.165, 1.54) is 23.5 Å². The van der Waals surface area contributed by atoms with Crippen molar-refractivity contribution in [2.75, 3.05) is 0 Å². The van der Waals surface area contributed by atoms with Crippen molar-refractivity contribution < 1.29 is 15.0 Å². The highest BCUT2D eigenvalue weighted by Crippen LogP contribution is 2.28. The van der Waals surface area contributed by atoms with Gasteiger partial charge in [-0.25, -0.2) is 9.48 Å². The minimum absolute atomic E-state index is 0.0125. The molecule has 2 aromatic heterocycles. The SMILES string of the molecule is O=C(O)c1cc(-c2cccs2)n(-c2ccc(O)cc2)n1. The van der Waals surface area contributed by atoms with Crippen LogP contribution in [0.2, 0.25) is 0 Å². The summed E-state index contributed by atoms with van der Waals surface area (Å²) in [5, 5.41) is 24.5. The van der Waals surface area contributed by atoms with Crippen molar-refractivity contribution in [2.45, 2.75) is 0 Å². The average Bonchev–Trinajstić information content (AvgIpc) is 3.08. The van der Waals surface area contributed by atoms with Crippen molar-refractivity contribution >= 4 is 17.3 Å². The van der Waals surface area contributed by atoms with E-state index in [0.29, 0.717) is 11.4 Å². The minimum Gasteiger partial charge on any atom is -0.508 e. The summed E-state index contributed by atoms with van der Waals surface area (Å²) in [6, 6.07) is 11.8. The monoisotopic (exact) mass is 286 g/mol. The van der Waals surface area contributed by atoms with E-state index in [4.69, 9.17) is 5.11 Å². The van der Waals surface area contributed by atoms with Gasteiger partial charge < -0.3 is 10.2 Å². The van der Waals surface area contributed by atoms with Crippen LogP contribution in [0.25, 0.3) is 16.3 Å². The standard InChI is InChI=1S/C14H10N2O3S/c17-10-5-3-9(4-6-10)16-12(13-2-1-7-20-13)8-11(15-16)14(18)19/h1-8,17H,(H,18,19). The second-order valence-electron chi connectivity index (χ2n) is 4.13. The van der Waals surface area contributed by atoms with Crippen molar-refractivity contribution in [3.05, 3.63) is 53.5 Å². The molecule has 100 valence electrons. The zero-order valence-corrected chi connectivity index (χ0v) is 11.0. The molecule has 20 heavy (non-hydrogen) atoms. The number of aromatic hydroxyl groups is 1. The molecule has 6 heteroatoms. The number of carboxylic acid groups (broad SMARTS) is 1. The quantitative estimate of drug-likeness (QED) is 0.776. The predicted molar refractivity (Wildman–Crippen MR) is 75.5 cm³/mol. The predicted octanol–water partition coefficient (Wildman–Crippen LogP) is 3.00. The summed E-state index contributed by atoms with van der Waals surface area (Å²) in [6.45, 7) is 0. The maximum atomic E-state index is 11.1. The smallest absolute Gasteiger partial charge is 0.356 e. The third kappa shape index (κ3) is 2.17. The van der Waals surface area contributed by atoms with Gasteiger partial charge in [0.1, 0.15) is 5.75 Å². The van der Waals surface area contributed by atoms with Gasteiger partial charge >= 0.3 is 5.97 Å². The van der Waals surface area contributed by atoms with Gasteiger partial charge in [-0.15, -0.1) is 11.3 Å². The van der Waals surface area contributed by atoms with Gasteiger partial charge in [-0.2, -0.15) is 5.10 Å². The molecule has 0 amide bonds. The van der Waals surface area contributed by atoms with E-state index in [-0.39, 0.29) is 11.4 Å². The van der Waals surface area contributed by atoms with Crippen LogP contribution < -0.4 is 0 Å². The minimum atomic E-state index is -1.07. The molecule has 0 saturated heterocycles. The number of carbonyl (C=O) groups is 1. The Hall–Kier alpha value is -2.60. The van der Waals surface area contributed by atoms with Crippen LogP contribution in [0.5, 0.6) is 5.75 Å². The number of phenols is 1. The molecule has 3 rings (SSSR count). The number of aromatic nitrogens is 2. The molecule has 1 aromatic carbocycles. The number of hydrogen-bond donors (Lipinski definition) is 2. The molecule has 2 N–H and O–H groups in total. The Morgan fingerprint density at radius 2 is 1.95 bits per heavy atom. The maximum absolute atomic E-state index is 11.1. The molecule has 0 aliphatic rings. The molecule has 0 aliphatic heterocycles. The van der Waals surface area contributed by atoms with Crippen LogP contribution in [0.3, 0.4) is 0 Å². The fourth-order valence-electron chi connectivity index (χ4n) is 1.88. The Kier molecular flexibility index (Phi) is 3.00. The first-order chi connectivity index (χ1) is 9.65. The van der Waals surface area contributed by atoms with Crippen LogP contribution >= 0.6 is 11.3 Å². The van der Waals surface area contributed by atoms with E-state index in [0.717, 1.165) is 4.88 Å². The van der Waals surface area contributed by atoms with Gasteiger partial charge in [0, 0.05) is 6.07 Å². The highest BCUT2D eigenvalue weighted by molar-refractivity contribution is 7.13. The molecular formula is C14H10N2O3S. The number of hydrogen-bond acceptors (Lipinski definition) is 4. The first kappa shape index (κ1) is 12.4. The molecule has 0 fully saturated rings. The fraction of sp³-hybridized carbons (Fsp3) is 0. The van der Waals surface area contributed by atoms with E-state index in [2.05, 4.69) is 5.10 Å². The normalized spacial score (nSPS) is 10.6. The molecule has 0 radical (unpaired) electrons. The Morgan fingerprint density at radius 1 is 1.20 bits per heavy atom. The Morgan fingerprint density at radius 3 is 2.55 bits per heavy atom. The van der Waals surface area contributed by atoms with E-state index in [9.17, 15) is 9.90 Å². The van der Waals surface area contributed by atoms with Crippen LogP contribution in [0.15, 0.2) is 47.8 Å². The molecular weight excluding hydrogens is 276 g/mol. The highest BCUT2D eigenvalue weighted by atomic mass is 32.1. The maximum Gasteiger partial charge on any atom is 0.356 e. The fourth-order valence-corrected chi connectivity index (χ4v) is 2.60. The first-order valence-corrected chi connectivity index (χ1v) is 6.70. The Bertz CT molecular complexity index is 745. The van der Waals surface area contributed by atoms with Crippen LogP contribution in [0, 0.1) is 0 Å². The van der Waals surface area contributed by atoms with E-state index in [1.54, 1.807) is 22.9 Å². The van der Waals surface area contributed by atoms with Crippen molar-refractivity contribution in [3.8, 4) is 22.0 Å². The van der Waals surface area contributed by atoms with Crippen molar-refractivity contribution in [2.24, 2.45) is 0 Å². The molecule has 0 aliphatic carbocycles. The largest absolute Gasteiger partial charge is 0.508 e. The number of phenolic OH excluding ortho intramolecular Hbond substituents is 1. The number of carboxylic acids is 1. The highest BCUT2D eigenvalue weighted by Gasteiger charge is 2.16. The number of benzene rings is 1. The molecule has 0 spiro atoms. The van der Waals surface area contributed by atoms with Gasteiger partial charge in [0.05, 0.1) is 16.3 Å². The zero-order chi connectivity index (χ0) is 14.1. The summed E-state index contributed by atoms with van der Waals surface area (Å²) in [6.07, 6.45) is 0. The topological polar surface area (TPSA) is 75.3 Å². The van der Waals surface area contributed by atoms with E-state index in [1.807, 2.05) is 17.5 Å². The molecule has 2 heterocycles. The summed E-state index contributed by atoms with van der Waals surface area (Å²) < 4.78 is 1.56. The number of nitrogens with zero attached hydrogens (tertiary/aromatic N) is 2. The van der Waals surface area contributed by atoms with Gasteiger partial charge in [-0.1, -0.05) is 6.07 Å².